The molecule has 104 valence electrons. The number of benzene rings is 1. The van der Waals surface area contributed by atoms with Gasteiger partial charge in [-0.1, -0.05) is 24.1 Å². The van der Waals surface area contributed by atoms with E-state index in [9.17, 15) is 4.79 Å². The second-order valence-corrected chi connectivity index (χ2v) is 5.70. The summed E-state index contributed by atoms with van der Waals surface area (Å²) in [4.78, 5) is 14.1. The highest BCUT2D eigenvalue weighted by atomic mass is 35.5. The first kappa shape index (κ1) is 14.4. The van der Waals surface area contributed by atoms with E-state index in [0.29, 0.717) is 16.6 Å². The molecular weight excluding hydrogens is 260 g/mol. The summed E-state index contributed by atoms with van der Waals surface area (Å²) in [5.74, 6) is 0.0364. The number of hydrogen-bond acceptors (Lipinski definition) is 2. The molecule has 0 bridgehead atoms. The molecule has 0 aliphatic carbocycles. The Labute approximate surface area is 119 Å². The van der Waals surface area contributed by atoms with Crippen LogP contribution in [0.1, 0.15) is 35.2 Å². The van der Waals surface area contributed by atoms with Crippen molar-refractivity contribution >= 4 is 17.5 Å². The average molecular weight is 281 g/mol. The van der Waals surface area contributed by atoms with Gasteiger partial charge in [0.1, 0.15) is 0 Å². The molecule has 0 radical (unpaired) electrons. The monoisotopic (exact) mass is 280 g/mol. The lowest BCUT2D eigenvalue weighted by Gasteiger charge is -2.28. The van der Waals surface area contributed by atoms with Gasteiger partial charge in [-0.15, -0.1) is 0 Å². The molecule has 1 N–H and O–H groups in total. The van der Waals surface area contributed by atoms with Gasteiger partial charge in [-0.25, -0.2) is 0 Å². The van der Waals surface area contributed by atoms with E-state index in [-0.39, 0.29) is 5.91 Å². The Morgan fingerprint density at radius 2 is 2.26 bits per heavy atom. The first-order valence-corrected chi connectivity index (χ1v) is 7.20. The molecule has 0 saturated carbocycles. The van der Waals surface area contributed by atoms with Gasteiger partial charge < -0.3 is 10.2 Å². The molecule has 0 aromatic heterocycles. The van der Waals surface area contributed by atoms with Crippen molar-refractivity contribution in [3.63, 3.8) is 0 Å². The van der Waals surface area contributed by atoms with Gasteiger partial charge in [0, 0.05) is 30.2 Å². The third-order valence-electron chi connectivity index (χ3n) is 3.67. The van der Waals surface area contributed by atoms with Crippen LogP contribution < -0.4 is 5.32 Å². The van der Waals surface area contributed by atoms with Crippen LogP contribution >= 0.6 is 11.6 Å². The molecule has 2 rings (SSSR count). The molecular formula is C15H21ClN2O. The summed E-state index contributed by atoms with van der Waals surface area (Å²) in [6, 6.07) is 5.91. The maximum absolute atomic E-state index is 12.3. The highest BCUT2D eigenvalue weighted by Gasteiger charge is 2.19. The second-order valence-electron chi connectivity index (χ2n) is 5.30. The topological polar surface area (TPSA) is 32.3 Å². The molecule has 1 fully saturated rings. The Hall–Kier alpha value is -1.06. The van der Waals surface area contributed by atoms with Crippen LogP contribution in [0, 0.1) is 6.92 Å². The lowest BCUT2D eigenvalue weighted by atomic mass is 10.0. The van der Waals surface area contributed by atoms with Crippen LogP contribution in [0.4, 0.5) is 0 Å². The number of likely N-dealkylation sites (N-methyl/N-ethyl adjacent to an activating group) is 1. The van der Waals surface area contributed by atoms with Gasteiger partial charge in [-0.3, -0.25) is 4.79 Å². The zero-order valence-electron chi connectivity index (χ0n) is 11.6. The largest absolute Gasteiger partial charge is 0.340 e. The quantitative estimate of drug-likeness (QED) is 0.923. The number of carbonyl (C=O) groups excluding carboxylic acids is 1. The Balaban J connectivity index is 1.99. The van der Waals surface area contributed by atoms with Gasteiger partial charge in [0.25, 0.3) is 5.91 Å². The minimum Gasteiger partial charge on any atom is -0.340 e. The minimum absolute atomic E-state index is 0.0364. The van der Waals surface area contributed by atoms with E-state index in [4.69, 9.17) is 11.6 Å². The van der Waals surface area contributed by atoms with Crippen molar-refractivity contribution in [3.8, 4) is 0 Å². The normalized spacial score (nSPS) is 19.2. The van der Waals surface area contributed by atoms with Gasteiger partial charge in [0.2, 0.25) is 0 Å². The van der Waals surface area contributed by atoms with E-state index in [1.165, 1.54) is 12.8 Å². The lowest BCUT2D eigenvalue weighted by molar-refractivity contribution is 0.0775. The smallest absolute Gasteiger partial charge is 0.253 e. The molecule has 3 nitrogen and oxygen atoms in total. The van der Waals surface area contributed by atoms with Crippen LogP contribution in [0.2, 0.25) is 5.02 Å². The van der Waals surface area contributed by atoms with Gasteiger partial charge in [-0.05, 0) is 44.0 Å². The van der Waals surface area contributed by atoms with Gasteiger partial charge in [0.15, 0.2) is 0 Å². The van der Waals surface area contributed by atoms with E-state index in [1.807, 2.05) is 26.1 Å². The standard InChI is InChI=1S/C15H21ClN2O/c1-11-6-7-12(9-14(11)16)15(19)18(2)10-13-5-3-4-8-17-13/h6-7,9,13,17H,3-5,8,10H2,1-2H3. The summed E-state index contributed by atoms with van der Waals surface area (Å²) in [6.45, 7) is 3.75. The SMILES string of the molecule is Cc1ccc(C(=O)N(C)CC2CCCCN2)cc1Cl. The van der Waals surface area contributed by atoms with Crippen molar-refractivity contribution in [1.82, 2.24) is 10.2 Å². The summed E-state index contributed by atoms with van der Waals surface area (Å²) < 4.78 is 0. The number of aryl methyl sites for hydroxylation is 1. The summed E-state index contributed by atoms with van der Waals surface area (Å²) in [6.07, 6.45) is 3.63. The minimum atomic E-state index is 0.0364. The van der Waals surface area contributed by atoms with E-state index >= 15 is 0 Å². The summed E-state index contributed by atoms with van der Waals surface area (Å²) in [5.41, 5.74) is 1.66. The number of nitrogens with zero attached hydrogens (tertiary/aromatic N) is 1. The maximum atomic E-state index is 12.3. The number of rotatable bonds is 3. The van der Waals surface area contributed by atoms with Crippen LogP contribution in [-0.4, -0.2) is 37.0 Å². The van der Waals surface area contributed by atoms with E-state index < -0.39 is 0 Å². The Kier molecular flexibility index (Phi) is 4.83. The number of amides is 1. The predicted molar refractivity (Wildman–Crippen MR) is 78.8 cm³/mol. The summed E-state index contributed by atoms with van der Waals surface area (Å²) >= 11 is 6.07. The lowest BCUT2D eigenvalue weighted by Crippen LogP contribution is -2.44. The predicted octanol–water partition coefficient (Wildman–Crippen LogP) is 2.86. The number of carbonyl (C=O) groups is 1. The first-order valence-electron chi connectivity index (χ1n) is 6.83. The van der Waals surface area contributed by atoms with Gasteiger partial charge >= 0.3 is 0 Å². The maximum Gasteiger partial charge on any atom is 0.253 e. The Morgan fingerprint density at radius 3 is 2.89 bits per heavy atom. The third kappa shape index (κ3) is 3.71. The Morgan fingerprint density at radius 1 is 1.47 bits per heavy atom. The fraction of sp³-hybridized carbons (Fsp3) is 0.533. The van der Waals surface area contributed by atoms with Crippen molar-refractivity contribution in [2.45, 2.75) is 32.2 Å². The van der Waals surface area contributed by atoms with E-state index in [2.05, 4.69) is 5.32 Å². The summed E-state index contributed by atoms with van der Waals surface area (Å²) in [5, 5.41) is 4.11. The molecule has 19 heavy (non-hydrogen) atoms. The fourth-order valence-corrected chi connectivity index (χ4v) is 2.62. The second kappa shape index (κ2) is 6.40. The molecule has 4 heteroatoms. The number of piperidine rings is 1. The highest BCUT2D eigenvalue weighted by molar-refractivity contribution is 6.31. The third-order valence-corrected chi connectivity index (χ3v) is 4.08. The molecule has 1 aliphatic rings. The van der Waals surface area contributed by atoms with Crippen molar-refractivity contribution in [2.24, 2.45) is 0 Å². The van der Waals surface area contributed by atoms with E-state index in [1.54, 1.807) is 11.0 Å². The van der Waals surface area contributed by atoms with Crippen LogP contribution in [0.15, 0.2) is 18.2 Å². The van der Waals surface area contributed by atoms with Gasteiger partial charge in [0.05, 0.1) is 0 Å². The fourth-order valence-electron chi connectivity index (χ4n) is 2.44. The molecule has 1 amide bonds. The molecule has 1 aromatic carbocycles. The van der Waals surface area contributed by atoms with Crippen molar-refractivity contribution < 1.29 is 4.79 Å². The van der Waals surface area contributed by atoms with Gasteiger partial charge in [-0.2, -0.15) is 0 Å². The number of hydrogen-bond donors (Lipinski definition) is 1. The zero-order valence-corrected chi connectivity index (χ0v) is 12.3. The number of nitrogens with one attached hydrogen (secondary N) is 1. The first-order chi connectivity index (χ1) is 9.08. The van der Waals surface area contributed by atoms with Crippen molar-refractivity contribution in [3.05, 3.63) is 34.3 Å². The zero-order chi connectivity index (χ0) is 13.8. The molecule has 1 unspecified atom stereocenters. The van der Waals surface area contributed by atoms with Crippen molar-refractivity contribution in [1.29, 1.82) is 0 Å². The van der Waals surface area contributed by atoms with Crippen LogP contribution in [0.25, 0.3) is 0 Å². The number of halogens is 1. The summed E-state index contributed by atoms with van der Waals surface area (Å²) in [7, 11) is 1.85. The molecule has 1 aromatic rings. The average Bonchev–Trinajstić information content (AvgIpc) is 2.42. The highest BCUT2D eigenvalue weighted by Crippen LogP contribution is 2.18. The molecule has 1 atom stereocenters. The molecule has 1 aliphatic heterocycles. The van der Waals surface area contributed by atoms with Crippen LogP contribution in [0.5, 0.6) is 0 Å². The van der Waals surface area contributed by atoms with Crippen LogP contribution in [-0.2, 0) is 0 Å². The molecule has 1 heterocycles. The molecule has 0 spiro atoms. The van der Waals surface area contributed by atoms with Crippen LogP contribution in [0.3, 0.4) is 0 Å². The van der Waals surface area contributed by atoms with E-state index in [0.717, 1.165) is 25.1 Å². The molecule has 1 saturated heterocycles. The Bertz CT molecular complexity index is 455. The van der Waals surface area contributed by atoms with Crippen molar-refractivity contribution in [2.75, 3.05) is 20.1 Å².